The molecule has 130 valence electrons. The molecular weight excluding hydrogens is 302 g/mol. The normalized spacial score (nSPS) is 12.1. The Morgan fingerprint density at radius 2 is 2.00 bits per heavy atom. The van der Waals surface area contributed by atoms with Crippen LogP contribution in [0.25, 0.3) is 0 Å². The van der Waals surface area contributed by atoms with E-state index in [9.17, 15) is 5.11 Å². The summed E-state index contributed by atoms with van der Waals surface area (Å²) in [5.74, 6) is 1.05. The molecule has 2 aromatic rings. The fourth-order valence-electron chi connectivity index (χ4n) is 2.65. The Hall–Kier alpha value is -2.21. The van der Waals surface area contributed by atoms with Crippen molar-refractivity contribution in [2.24, 2.45) is 0 Å². The number of aryl methyl sites for hydroxylation is 2. The van der Waals surface area contributed by atoms with Crippen LogP contribution in [0.5, 0.6) is 0 Å². The third-order valence-electron chi connectivity index (χ3n) is 4.04. The van der Waals surface area contributed by atoms with Crippen LogP contribution in [0, 0.1) is 0 Å². The fraction of sp³-hybridized carbons (Fsp3) is 0.500. The maximum atomic E-state index is 9.29. The Labute approximate surface area is 143 Å². The molecule has 0 fully saturated rings. The number of hydrogen-bond donors (Lipinski definition) is 3. The van der Waals surface area contributed by atoms with Gasteiger partial charge in [0, 0.05) is 36.8 Å². The van der Waals surface area contributed by atoms with Gasteiger partial charge in [-0.3, -0.25) is 4.98 Å². The predicted molar refractivity (Wildman–Crippen MR) is 96.7 cm³/mol. The molecule has 0 saturated carbocycles. The molecule has 24 heavy (non-hydrogen) atoms. The van der Waals surface area contributed by atoms with E-state index in [4.69, 9.17) is 5.73 Å². The minimum Gasteiger partial charge on any atom is -0.396 e. The topological polar surface area (TPSA) is 97.0 Å². The predicted octanol–water partition coefficient (Wildman–Crippen LogP) is 2.59. The molecule has 0 bridgehead atoms. The first-order valence-corrected chi connectivity index (χ1v) is 8.60. The molecule has 2 aromatic heterocycles. The zero-order valence-corrected chi connectivity index (χ0v) is 14.3. The number of unbranched alkanes of at least 4 members (excludes halogenated alkanes) is 1. The molecule has 2 rings (SSSR count). The van der Waals surface area contributed by atoms with E-state index < -0.39 is 0 Å². The molecule has 4 N–H and O–H groups in total. The van der Waals surface area contributed by atoms with E-state index in [-0.39, 0.29) is 18.6 Å². The minimum atomic E-state index is 0.161. The molecule has 0 aromatic carbocycles. The highest BCUT2D eigenvalue weighted by Crippen LogP contribution is 2.19. The summed E-state index contributed by atoms with van der Waals surface area (Å²) < 4.78 is 0. The number of nitrogens with one attached hydrogen (secondary N) is 1. The van der Waals surface area contributed by atoms with Crippen molar-refractivity contribution in [2.75, 3.05) is 17.7 Å². The van der Waals surface area contributed by atoms with Crippen molar-refractivity contribution in [3.8, 4) is 0 Å². The van der Waals surface area contributed by atoms with E-state index in [0.717, 1.165) is 43.5 Å². The fourth-order valence-corrected chi connectivity index (χ4v) is 2.65. The molecular formula is C18H27N5O. The minimum absolute atomic E-state index is 0.161. The molecule has 0 aliphatic rings. The molecule has 0 saturated heterocycles. The number of nitrogens with two attached hydrogens (primary N) is 1. The van der Waals surface area contributed by atoms with Gasteiger partial charge in [0.05, 0.1) is 0 Å². The molecule has 1 atom stereocenters. The van der Waals surface area contributed by atoms with Crippen LogP contribution in [-0.4, -0.2) is 32.7 Å². The number of pyridine rings is 1. The molecule has 2 heterocycles. The number of anilines is 2. The van der Waals surface area contributed by atoms with Gasteiger partial charge in [-0.05, 0) is 43.4 Å². The van der Waals surface area contributed by atoms with Gasteiger partial charge in [0.15, 0.2) is 0 Å². The van der Waals surface area contributed by atoms with Gasteiger partial charge in [0.25, 0.3) is 0 Å². The van der Waals surface area contributed by atoms with Crippen LogP contribution in [-0.2, 0) is 12.8 Å². The van der Waals surface area contributed by atoms with Crippen molar-refractivity contribution in [2.45, 2.75) is 51.5 Å². The van der Waals surface area contributed by atoms with Crippen molar-refractivity contribution in [1.82, 2.24) is 15.0 Å². The van der Waals surface area contributed by atoms with Gasteiger partial charge in [-0.25, -0.2) is 4.98 Å². The largest absolute Gasteiger partial charge is 0.396 e. The van der Waals surface area contributed by atoms with Crippen LogP contribution < -0.4 is 11.1 Å². The van der Waals surface area contributed by atoms with Gasteiger partial charge in [0.2, 0.25) is 5.95 Å². The maximum absolute atomic E-state index is 9.29. The van der Waals surface area contributed by atoms with Gasteiger partial charge in [-0.2, -0.15) is 4.98 Å². The number of nitrogens with zero attached hydrogens (tertiary/aromatic N) is 3. The molecule has 0 amide bonds. The second-order valence-corrected chi connectivity index (χ2v) is 5.95. The van der Waals surface area contributed by atoms with Crippen molar-refractivity contribution < 1.29 is 5.11 Å². The van der Waals surface area contributed by atoms with Crippen LogP contribution in [0.15, 0.2) is 30.7 Å². The second kappa shape index (κ2) is 9.82. The lowest BCUT2D eigenvalue weighted by molar-refractivity contribution is 0.276. The number of nitrogen functional groups attached to an aromatic ring is 1. The Morgan fingerprint density at radius 3 is 2.71 bits per heavy atom. The van der Waals surface area contributed by atoms with Crippen LogP contribution in [0.2, 0.25) is 0 Å². The van der Waals surface area contributed by atoms with Gasteiger partial charge < -0.3 is 16.2 Å². The summed E-state index contributed by atoms with van der Waals surface area (Å²) in [4.78, 5) is 12.6. The molecule has 0 aliphatic heterocycles. The lowest BCUT2D eigenvalue weighted by Gasteiger charge is -2.20. The lowest BCUT2D eigenvalue weighted by Crippen LogP contribution is -2.23. The highest BCUT2D eigenvalue weighted by atomic mass is 16.3. The summed E-state index contributed by atoms with van der Waals surface area (Å²) in [6, 6.07) is 4.23. The van der Waals surface area contributed by atoms with E-state index in [0.29, 0.717) is 6.42 Å². The van der Waals surface area contributed by atoms with Crippen molar-refractivity contribution >= 4 is 11.8 Å². The summed E-state index contributed by atoms with van der Waals surface area (Å²) >= 11 is 0. The highest BCUT2D eigenvalue weighted by molar-refractivity contribution is 5.47. The zero-order valence-electron chi connectivity index (χ0n) is 14.3. The molecule has 6 heteroatoms. The number of aromatic nitrogens is 3. The van der Waals surface area contributed by atoms with Gasteiger partial charge in [0.1, 0.15) is 5.82 Å². The van der Waals surface area contributed by atoms with Gasteiger partial charge in [-0.1, -0.05) is 19.8 Å². The van der Waals surface area contributed by atoms with Crippen molar-refractivity contribution in [3.63, 3.8) is 0 Å². The summed E-state index contributed by atoms with van der Waals surface area (Å²) in [7, 11) is 0. The SMILES string of the molecule is CCCCC(CCO)Nc1nc(N)ncc1CCc1ccncc1. The van der Waals surface area contributed by atoms with Crippen molar-refractivity contribution in [1.29, 1.82) is 0 Å². The third-order valence-corrected chi connectivity index (χ3v) is 4.04. The quantitative estimate of drug-likeness (QED) is 0.620. The molecule has 0 spiro atoms. The first kappa shape index (κ1) is 18.1. The molecule has 0 aliphatic carbocycles. The molecule has 6 nitrogen and oxygen atoms in total. The smallest absolute Gasteiger partial charge is 0.221 e. The van der Waals surface area contributed by atoms with E-state index in [1.807, 2.05) is 12.1 Å². The average Bonchev–Trinajstić information content (AvgIpc) is 2.60. The Bertz CT molecular complexity index is 606. The van der Waals surface area contributed by atoms with Gasteiger partial charge in [-0.15, -0.1) is 0 Å². The molecule has 1 unspecified atom stereocenters. The van der Waals surface area contributed by atoms with Crippen LogP contribution in [0.1, 0.15) is 43.7 Å². The number of aliphatic hydroxyl groups is 1. The van der Waals surface area contributed by atoms with E-state index in [1.54, 1.807) is 18.6 Å². The summed E-state index contributed by atoms with van der Waals surface area (Å²) in [6.07, 6.45) is 11.1. The van der Waals surface area contributed by atoms with Crippen LogP contribution in [0.4, 0.5) is 11.8 Å². The third kappa shape index (κ3) is 5.77. The van der Waals surface area contributed by atoms with Crippen molar-refractivity contribution in [3.05, 3.63) is 41.9 Å². The Morgan fingerprint density at radius 1 is 1.21 bits per heavy atom. The van der Waals surface area contributed by atoms with Gasteiger partial charge >= 0.3 is 0 Å². The monoisotopic (exact) mass is 329 g/mol. The van der Waals surface area contributed by atoms with Crippen LogP contribution >= 0.6 is 0 Å². The van der Waals surface area contributed by atoms with E-state index in [2.05, 4.69) is 27.2 Å². The lowest BCUT2D eigenvalue weighted by atomic mass is 10.0. The van der Waals surface area contributed by atoms with E-state index >= 15 is 0 Å². The second-order valence-electron chi connectivity index (χ2n) is 5.95. The average molecular weight is 329 g/mol. The summed E-state index contributed by atoms with van der Waals surface area (Å²) in [5, 5.41) is 12.7. The van der Waals surface area contributed by atoms with Crippen LogP contribution in [0.3, 0.4) is 0 Å². The first-order chi connectivity index (χ1) is 11.7. The Kier molecular flexibility index (Phi) is 7.42. The van der Waals surface area contributed by atoms with E-state index in [1.165, 1.54) is 5.56 Å². The number of rotatable bonds is 10. The summed E-state index contributed by atoms with van der Waals surface area (Å²) in [5.41, 5.74) is 8.03. The first-order valence-electron chi connectivity index (χ1n) is 8.60. The molecule has 0 radical (unpaired) electrons. The Balaban J connectivity index is 2.08. The maximum Gasteiger partial charge on any atom is 0.221 e. The zero-order chi connectivity index (χ0) is 17.2. The standard InChI is InChI=1S/C18H27N5O/c1-2-3-4-16(9-12-24)22-17-15(13-21-18(19)23-17)6-5-14-7-10-20-11-8-14/h7-8,10-11,13,16,24H,2-6,9,12H2,1H3,(H3,19,21,22,23). The highest BCUT2D eigenvalue weighted by Gasteiger charge is 2.13. The number of hydrogen-bond acceptors (Lipinski definition) is 6. The number of aliphatic hydroxyl groups excluding tert-OH is 1. The summed E-state index contributed by atoms with van der Waals surface area (Å²) in [6.45, 7) is 2.33.